The minimum absolute atomic E-state index is 0.176. The minimum atomic E-state index is 0.176. The maximum Gasteiger partial charge on any atom is 0.227 e. The highest BCUT2D eigenvalue weighted by molar-refractivity contribution is 7.12. The largest absolute Gasteiger partial charge is 0.341 e. The van der Waals surface area contributed by atoms with Gasteiger partial charge in [-0.2, -0.15) is 0 Å². The lowest BCUT2D eigenvalue weighted by Crippen LogP contribution is -2.37. The molecule has 0 N–H and O–H groups in total. The summed E-state index contributed by atoms with van der Waals surface area (Å²) in [5.41, 5.74) is 2.03. The average Bonchev–Trinajstić information content (AvgIpc) is 2.89. The summed E-state index contributed by atoms with van der Waals surface area (Å²) in [5, 5.41) is 1.00. The van der Waals surface area contributed by atoms with Crippen LogP contribution in [0.2, 0.25) is 0 Å². The first-order chi connectivity index (χ1) is 11.0. The quantitative estimate of drug-likeness (QED) is 0.782. The van der Waals surface area contributed by atoms with Gasteiger partial charge in [0.15, 0.2) is 0 Å². The van der Waals surface area contributed by atoms with Gasteiger partial charge in [-0.1, -0.05) is 30.3 Å². The van der Waals surface area contributed by atoms with Crippen molar-refractivity contribution in [2.75, 3.05) is 33.7 Å². The molecule has 23 heavy (non-hydrogen) atoms. The zero-order valence-electron chi connectivity index (χ0n) is 14.4. The molecular formula is C18H25N3OS. The van der Waals surface area contributed by atoms with Crippen LogP contribution in [0.25, 0.3) is 11.3 Å². The van der Waals surface area contributed by atoms with Crippen LogP contribution in [0.15, 0.2) is 30.3 Å². The van der Waals surface area contributed by atoms with Gasteiger partial charge in [-0.05, 0) is 27.9 Å². The fourth-order valence-corrected chi connectivity index (χ4v) is 3.39. The van der Waals surface area contributed by atoms with Crippen molar-refractivity contribution in [3.63, 3.8) is 0 Å². The van der Waals surface area contributed by atoms with Gasteiger partial charge in [-0.15, -0.1) is 11.3 Å². The molecule has 0 fully saturated rings. The normalized spacial score (nSPS) is 11.0. The third kappa shape index (κ3) is 4.88. The summed E-state index contributed by atoms with van der Waals surface area (Å²) in [7, 11) is 4.05. The Bertz CT molecular complexity index is 637. The van der Waals surface area contributed by atoms with Gasteiger partial charge in [0.2, 0.25) is 5.91 Å². The van der Waals surface area contributed by atoms with E-state index in [2.05, 4.69) is 9.88 Å². The zero-order chi connectivity index (χ0) is 16.8. The highest BCUT2D eigenvalue weighted by Gasteiger charge is 2.18. The summed E-state index contributed by atoms with van der Waals surface area (Å²) in [4.78, 5) is 22.3. The van der Waals surface area contributed by atoms with Crippen LogP contribution in [0.4, 0.5) is 0 Å². The van der Waals surface area contributed by atoms with Crippen molar-refractivity contribution in [3.05, 3.63) is 40.2 Å². The molecule has 1 heterocycles. The second kappa shape index (κ2) is 8.22. The number of benzene rings is 1. The van der Waals surface area contributed by atoms with Gasteiger partial charge in [0.05, 0.1) is 17.1 Å². The fraction of sp³-hybridized carbons (Fsp3) is 0.444. The lowest BCUT2D eigenvalue weighted by atomic mass is 10.1. The van der Waals surface area contributed by atoms with Crippen LogP contribution in [-0.2, 0) is 11.2 Å². The predicted octanol–water partition coefficient (Wildman–Crippen LogP) is 3.07. The number of nitrogens with zero attached hydrogens (tertiary/aromatic N) is 3. The molecule has 124 valence electrons. The molecule has 0 unspecified atom stereocenters. The number of hydrogen-bond donors (Lipinski definition) is 0. The van der Waals surface area contributed by atoms with E-state index < -0.39 is 0 Å². The average molecular weight is 331 g/mol. The third-order valence-corrected chi connectivity index (χ3v) is 4.69. The van der Waals surface area contributed by atoms with E-state index in [1.807, 2.05) is 63.2 Å². The molecule has 2 aromatic rings. The molecule has 0 atom stereocenters. The molecule has 1 aromatic heterocycles. The van der Waals surface area contributed by atoms with Crippen LogP contribution in [0.3, 0.4) is 0 Å². The first-order valence-electron chi connectivity index (χ1n) is 7.95. The Morgan fingerprint density at radius 2 is 1.87 bits per heavy atom. The van der Waals surface area contributed by atoms with Crippen molar-refractivity contribution in [3.8, 4) is 11.3 Å². The molecular weight excluding hydrogens is 306 g/mol. The van der Waals surface area contributed by atoms with E-state index in [0.29, 0.717) is 6.42 Å². The van der Waals surface area contributed by atoms with Crippen LogP contribution in [0, 0.1) is 6.92 Å². The summed E-state index contributed by atoms with van der Waals surface area (Å²) < 4.78 is 0. The van der Waals surface area contributed by atoms with Gasteiger partial charge in [0.1, 0.15) is 0 Å². The Hall–Kier alpha value is -1.72. The van der Waals surface area contributed by atoms with E-state index in [0.717, 1.165) is 40.8 Å². The molecule has 0 aliphatic rings. The van der Waals surface area contributed by atoms with Crippen molar-refractivity contribution in [2.45, 2.75) is 20.3 Å². The number of hydrogen-bond acceptors (Lipinski definition) is 4. The second-order valence-corrected chi connectivity index (χ2v) is 7.11. The Morgan fingerprint density at radius 1 is 1.17 bits per heavy atom. The summed E-state index contributed by atoms with van der Waals surface area (Å²) >= 11 is 1.62. The highest BCUT2D eigenvalue weighted by Crippen LogP contribution is 2.28. The lowest BCUT2D eigenvalue weighted by Gasteiger charge is -2.22. The summed E-state index contributed by atoms with van der Waals surface area (Å²) in [5.74, 6) is 0.176. The zero-order valence-corrected chi connectivity index (χ0v) is 15.2. The van der Waals surface area contributed by atoms with Gasteiger partial charge in [0.25, 0.3) is 0 Å². The standard InChI is InChI=1S/C18H25N3OS/c1-5-21(12-11-20(3)4)17(22)13-16-18(19-14(2)23-16)15-9-7-6-8-10-15/h6-10H,5,11-13H2,1-4H3. The second-order valence-electron chi connectivity index (χ2n) is 5.82. The van der Waals surface area contributed by atoms with Gasteiger partial charge in [0, 0.05) is 30.1 Å². The maximum atomic E-state index is 12.6. The Kier molecular flexibility index (Phi) is 6.30. The number of rotatable bonds is 7. The Balaban J connectivity index is 2.15. The summed E-state index contributed by atoms with van der Waals surface area (Å²) in [6, 6.07) is 10.1. The molecule has 0 bridgehead atoms. The number of thiazole rings is 1. The number of aryl methyl sites for hydroxylation is 1. The molecule has 0 aliphatic heterocycles. The van der Waals surface area contributed by atoms with Crippen LogP contribution < -0.4 is 0 Å². The van der Waals surface area contributed by atoms with Gasteiger partial charge >= 0.3 is 0 Å². The van der Waals surface area contributed by atoms with Crippen LogP contribution in [0.1, 0.15) is 16.8 Å². The number of likely N-dealkylation sites (N-methyl/N-ethyl adjacent to an activating group) is 2. The predicted molar refractivity (Wildman–Crippen MR) is 96.8 cm³/mol. The van der Waals surface area contributed by atoms with E-state index in [9.17, 15) is 4.79 Å². The van der Waals surface area contributed by atoms with Gasteiger partial charge in [-0.25, -0.2) is 4.98 Å². The van der Waals surface area contributed by atoms with E-state index >= 15 is 0 Å². The lowest BCUT2D eigenvalue weighted by molar-refractivity contribution is -0.130. The van der Waals surface area contributed by atoms with Crippen molar-refractivity contribution in [1.29, 1.82) is 0 Å². The van der Waals surface area contributed by atoms with E-state index in [4.69, 9.17) is 0 Å². The van der Waals surface area contributed by atoms with Crippen LogP contribution in [-0.4, -0.2) is 54.4 Å². The van der Waals surface area contributed by atoms with Crippen LogP contribution >= 0.6 is 11.3 Å². The molecule has 2 rings (SSSR count). The molecule has 4 nitrogen and oxygen atoms in total. The Morgan fingerprint density at radius 3 is 2.48 bits per heavy atom. The van der Waals surface area contributed by atoms with E-state index in [1.54, 1.807) is 11.3 Å². The van der Waals surface area contributed by atoms with Crippen molar-refractivity contribution in [1.82, 2.24) is 14.8 Å². The molecule has 0 saturated heterocycles. The van der Waals surface area contributed by atoms with Gasteiger partial charge in [-0.3, -0.25) is 4.79 Å². The minimum Gasteiger partial charge on any atom is -0.341 e. The number of carbonyl (C=O) groups is 1. The van der Waals surface area contributed by atoms with Crippen LogP contribution in [0.5, 0.6) is 0 Å². The molecule has 0 spiro atoms. The molecule has 1 amide bonds. The molecule has 5 heteroatoms. The maximum absolute atomic E-state index is 12.6. The van der Waals surface area contributed by atoms with Gasteiger partial charge < -0.3 is 9.80 Å². The smallest absolute Gasteiger partial charge is 0.227 e. The number of carbonyl (C=O) groups excluding carboxylic acids is 1. The first kappa shape index (κ1) is 17.6. The molecule has 1 aromatic carbocycles. The van der Waals surface area contributed by atoms with Crippen molar-refractivity contribution < 1.29 is 4.79 Å². The number of amides is 1. The summed E-state index contributed by atoms with van der Waals surface area (Å²) in [6.07, 6.45) is 0.428. The SMILES string of the molecule is CCN(CCN(C)C)C(=O)Cc1sc(C)nc1-c1ccccc1. The Labute approximate surface area is 142 Å². The number of aromatic nitrogens is 1. The topological polar surface area (TPSA) is 36.4 Å². The van der Waals surface area contributed by atoms with Crippen molar-refractivity contribution >= 4 is 17.2 Å². The molecule has 0 radical (unpaired) electrons. The molecule has 0 aliphatic carbocycles. The fourth-order valence-electron chi connectivity index (χ4n) is 2.44. The van der Waals surface area contributed by atoms with E-state index in [-0.39, 0.29) is 5.91 Å². The summed E-state index contributed by atoms with van der Waals surface area (Å²) in [6.45, 7) is 6.41. The third-order valence-electron chi connectivity index (χ3n) is 3.71. The van der Waals surface area contributed by atoms with Crippen molar-refractivity contribution in [2.24, 2.45) is 0 Å². The monoisotopic (exact) mass is 331 g/mol. The van der Waals surface area contributed by atoms with E-state index in [1.165, 1.54) is 0 Å². The highest BCUT2D eigenvalue weighted by atomic mass is 32.1. The first-order valence-corrected chi connectivity index (χ1v) is 8.77. The molecule has 0 saturated carbocycles.